The number of rotatable bonds is 6. The maximum absolute atomic E-state index is 6.43. The third-order valence-corrected chi connectivity index (χ3v) is 11.1. The van der Waals surface area contributed by atoms with Gasteiger partial charge in [0, 0.05) is 48.7 Å². The highest BCUT2D eigenvalue weighted by molar-refractivity contribution is 7.26. The first-order chi connectivity index (χ1) is 25.3. The zero-order valence-corrected chi connectivity index (χ0v) is 28.5. The quantitative estimate of drug-likeness (QED) is 0.175. The van der Waals surface area contributed by atoms with Gasteiger partial charge in [0.05, 0.1) is 10.4 Å². The summed E-state index contributed by atoms with van der Waals surface area (Å²) >= 11 is 1.86. The summed E-state index contributed by atoms with van der Waals surface area (Å²) in [4.78, 5) is 2.44. The Morgan fingerprint density at radius 2 is 0.941 bits per heavy atom. The third kappa shape index (κ3) is 5.01. The molecule has 2 aromatic heterocycles. The van der Waals surface area contributed by atoms with Crippen molar-refractivity contribution in [1.82, 2.24) is 0 Å². The molecule has 10 aromatic rings. The molecule has 0 aliphatic heterocycles. The number of benzene rings is 8. The average Bonchev–Trinajstić information content (AvgIpc) is 3.78. The van der Waals surface area contributed by atoms with Gasteiger partial charge in [-0.2, -0.15) is 0 Å². The van der Waals surface area contributed by atoms with Crippen LogP contribution in [0.15, 0.2) is 192 Å². The average molecular weight is 670 g/mol. The largest absolute Gasteiger partial charge is 0.455 e. The number of furan rings is 1. The van der Waals surface area contributed by atoms with Gasteiger partial charge in [-0.3, -0.25) is 0 Å². The Hall–Kier alpha value is -6.42. The fraction of sp³-hybridized carbons (Fsp3) is 0. The van der Waals surface area contributed by atoms with Crippen LogP contribution < -0.4 is 4.90 Å². The molecule has 2 heterocycles. The molecule has 0 aliphatic rings. The Morgan fingerprint density at radius 1 is 0.373 bits per heavy atom. The third-order valence-electron chi connectivity index (χ3n) is 9.90. The molecule has 0 atom stereocenters. The molecule has 10 rings (SSSR count). The zero-order chi connectivity index (χ0) is 33.7. The second kappa shape index (κ2) is 12.2. The highest BCUT2D eigenvalue weighted by atomic mass is 32.1. The minimum atomic E-state index is 0.909. The van der Waals surface area contributed by atoms with Crippen molar-refractivity contribution in [1.29, 1.82) is 0 Å². The van der Waals surface area contributed by atoms with E-state index < -0.39 is 0 Å². The van der Waals surface area contributed by atoms with Gasteiger partial charge in [0.1, 0.15) is 11.2 Å². The van der Waals surface area contributed by atoms with Crippen LogP contribution in [0, 0.1) is 0 Å². The number of hydrogen-bond donors (Lipinski definition) is 0. The monoisotopic (exact) mass is 669 g/mol. The number of para-hydroxylation sites is 2. The van der Waals surface area contributed by atoms with Gasteiger partial charge in [0.2, 0.25) is 0 Å². The van der Waals surface area contributed by atoms with E-state index in [2.05, 4.69) is 181 Å². The van der Waals surface area contributed by atoms with Crippen molar-refractivity contribution in [3.8, 4) is 33.4 Å². The lowest BCUT2D eigenvalue weighted by molar-refractivity contribution is 0.670. The molecule has 2 nitrogen and oxygen atoms in total. The second-order valence-corrected chi connectivity index (χ2v) is 13.9. The molecule has 0 unspecified atom stereocenters. The zero-order valence-electron chi connectivity index (χ0n) is 27.7. The summed E-state index contributed by atoms with van der Waals surface area (Å²) < 4.78 is 8.98. The lowest BCUT2D eigenvalue weighted by Gasteiger charge is -2.29. The molecule has 0 saturated heterocycles. The first-order valence-corrected chi connectivity index (χ1v) is 18.1. The summed E-state index contributed by atoms with van der Waals surface area (Å²) in [5, 5.41) is 4.83. The predicted molar refractivity (Wildman–Crippen MR) is 218 cm³/mol. The van der Waals surface area contributed by atoms with E-state index in [1.165, 1.54) is 48.1 Å². The highest BCUT2D eigenvalue weighted by Gasteiger charge is 2.23. The number of fused-ring (bicyclic) bond motifs is 6. The summed E-state index contributed by atoms with van der Waals surface area (Å²) in [6.45, 7) is 0. The van der Waals surface area contributed by atoms with Gasteiger partial charge in [-0.15, -0.1) is 11.3 Å². The molecule has 0 aliphatic carbocycles. The van der Waals surface area contributed by atoms with Gasteiger partial charge < -0.3 is 9.32 Å². The molecule has 0 amide bonds. The predicted octanol–water partition coefficient (Wildman–Crippen LogP) is 14.4. The van der Waals surface area contributed by atoms with Gasteiger partial charge in [0.25, 0.3) is 0 Å². The topological polar surface area (TPSA) is 16.4 Å². The van der Waals surface area contributed by atoms with E-state index in [0.29, 0.717) is 0 Å². The fourth-order valence-corrected chi connectivity index (χ4v) is 8.69. The van der Waals surface area contributed by atoms with E-state index in [-0.39, 0.29) is 0 Å². The smallest absolute Gasteiger partial charge is 0.143 e. The summed E-state index contributed by atoms with van der Waals surface area (Å²) in [5.41, 5.74) is 12.2. The molecule has 3 heteroatoms. The van der Waals surface area contributed by atoms with Crippen LogP contribution >= 0.6 is 11.3 Å². The van der Waals surface area contributed by atoms with Crippen molar-refractivity contribution in [2.45, 2.75) is 0 Å². The second-order valence-electron chi connectivity index (χ2n) is 12.9. The first-order valence-electron chi connectivity index (χ1n) is 17.3. The highest BCUT2D eigenvalue weighted by Crippen LogP contribution is 2.50. The Morgan fingerprint density at radius 3 is 1.69 bits per heavy atom. The molecule has 0 bridgehead atoms. The lowest BCUT2D eigenvalue weighted by Crippen LogP contribution is -2.11. The van der Waals surface area contributed by atoms with Gasteiger partial charge in [-0.25, -0.2) is 0 Å². The van der Waals surface area contributed by atoms with Gasteiger partial charge >= 0.3 is 0 Å². The molecule has 8 aromatic carbocycles. The van der Waals surface area contributed by atoms with Gasteiger partial charge in [0.15, 0.2) is 0 Å². The molecular formula is C48H31NOS. The fourth-order valence-electron chi connectivity index (χ4n) is 7.45. The van der Waals surface area contributed by atoms with Crippen LogP contribution in [-0.2, 0) is 0 Å². The summed E-state index contributed by atoms with van der Waals surface area (Å²) in [7, 11) is 0. The van der Waals surface area contributed by atoms with Crippen LogP contribution in [0.1, 0.15) is 0 Å². The molecule has 240 valence electrons. The van der Waals surface area contributed by atoms with E-state index in [0.717, 1.165) is 44.4 Å². The van der Waals surface area contributed by atoms with Crippen molar-refractivity contribution >= 4 is 70.5 Å². The van der Waals surface area contributed by atoms with Crippen molar-refractivity contribution in [3.05, 3.63) is 188 Å². The van der Waals surface area contributed by atoms with Crippen LogP contribution in [-0.4, -0.2) is 0 Å². The summed E-state index contributed by atoms with van der Waals surface area (Å²) in [6, 6.07) is 67.4. The molecule has 0 spiro atoms. The molecule has 0 N–H and O–H groups in total. The van der Waals surface area contributed by atoms with E-state index in [1.54, 1.807) is 0 Å². The molecule has 0 radical (unpaired) electrons. The minimum absolute atomic E-state index is 0.909. The molecular weight excluding hydrogens is 639 g/mol. The van der Waals surface area contributed by atoms with Crippen LogP contribution in [0.5, 0.6) is 0 Å². The van der Waals surface area contributed by atoms with E-state index in [9.17, 15) is 0 Å². The standard InChI is InChI=1S/C48H31NOS/c1-3-12-32(13-4-1)33-22-26-36(27-23-33)49(37-28-24-35(25-29-37)39-18-11-19-42-40-16-7-9-20-44(40)50-47(39)42)46-38(34-14-5-2-6-15-34)30-31-43-41-17-8-10-21-45(41)51-48(43)46/h1-31H. The lowest BCUT2D eigenvalue weighted by atomic mass is 9.98. The van der Waals surface area contributed by atoms with Gasteiger partial charge in [-0.05, 0) is 58.7 Å². The van der Waals surface area contributed by atoms with Crippen LogP contribution in [0.4, 0.5) is 17.1 Å². The van der Waals surface area contributed by atoms with Crippen molar-refractivity contribution in [2.24, 2.45) is 0 Å². The SMILES string of the molecule is c1ccc(-c2ccc(N(c3ccc(-c4cccc5c4oc4ccccc45)cc3)c3c(-c4ccccc4)ccc4c3sc3ccccc34)cc2)cc1. The van der Waals surface area contributed by atoms with Crippen LogP contribution in [0.3, 0.4) is 0 Å². The van der Waals surface area contributed by atoms with Crippen LogP contribution in [0.2, 0.25) is 0 Å². The van der Waals surface area contributed by atoms with Crippen molar-refractivity contribution < 1.29 is 4.42 Å². The minimum Gasteiger partial charge on any atom is -0.455 e. The van der Waals surface area contributed by atoms with E-state index in [1.807, 2.05) is 23.5 Å². The summed E-state index contributed by atoms with van der Waals surface area (Å²) in [6.07, 6.45) is 0. The number of nitrogens with zero attached hydrogens (tertiary/aromatic N) is 1. The number of anilines is 3. The Kier molecular flexibility index (Phi) is 7.04. The van der Waals surface area contributed by atoms with Crippen molar-refractivity contribution in [2.75, 3.05) is 4.90 Å². The molecule has 51 heavy (non-hydrogen) atoms. The van der Waals surface area contributed by atoms with E-state index >= 15 is 0 Å². The Labute approximate surface area is 300 Å². The molecule has 0 saturated carbocycles. The first kappa shape index (κ1) is 29.5. The van der Waals surface area contributed by atoms with E-state index in [4.69, 9.17) is 4.42 Å². The van der Waals surface area contributed by atoms with Crippen LogP contribution in [0.25, 0.3) is 75.5 Å². The maximum atomic E-state index is 6.43. The number of thiophene rings is 1. The Bertz CT molecular complexity index is 2830. The summed E-state index contributed by atoms with van der Waals surface area (Å²) in [5.74, 6) is 0. The van der Waals surface area contributed by atoms with Gasteiger partial charge in [-0.1, -0.05) is 152 Å². The molecule has 0 fully saturated rings. The van der Waals surface area contributed by atoms with Crippen molar-refractivity contribution in [3.63, 3.8) is 0 Å². The Balaban J connectivity index is 1.19. The maximum Gasteiger partial charge on any atom is 0.143 e. The normalized spacial score (nSPS) is 11.5. The number of hydrogen-bond acceptors (Lipinski definition) is 3.